The third kappa shape index (κ3) is 3.65. The highest BCUT2D eigenvalue weighted by Gasteiger charge is 2.19. The summed E-state index contributed by atoms with van der Waals surface area (Å²) in [6, 6.07) is 3.27. The van der Waals surface area contributed by atoms with Crippen LogP contribution in [-0.2, 0) is 11.2 Å². The monoisotopic (exact) mass is 326 g/mol. The van der Waals surface area contributed by atoms with Crippen LogP contribution in [0.15, 0.2) is 18.3 Å². The molecule has 5 nitrogen and oxygen atoms in total. The van der Waals surface area contributed by atoms with E-state index in [9.17, 15) is 9.59 Å². The number of rotatable bonds is 5. The fraction of sp³-hybridized carbons (Fsp3) is 0.286. The van der Waals surface area contributed by atoms with Crippen LogP contribution in [0.5, 0.6) is 0 Å². The second kappa shape index (κ2) is 6.78. The highest BCUT2D eigenvalue weighted by atomic mass is 35.5. The Morgan fingerprint density at radius 3 is 2.71 bits per heavy atom. The third-order valence-electron chi connectivity index (χ3n) is 2.75. The van der Waals surface area contributed by atoms with Gasteiger partial charge in [-0.2, -0.15) is 0 Å². The van der Waals surface area contributed by atoms with Gasteiger partial charge in [-0.15, -0.1) is 11.3 Å². The Kier molecular flexibility index (Phi) is 5.03. The topological polar surface area (TPSA) is 71.2 Å². The van der Waals surface area contributed by atoms with Crippen molar-refractivity contribution in [2.24, 2.45) is 0 Å². The highest BCUT2D eigenvalue weighted by molar-refractivity contribution is 7.16. The molecule has 0 saturated heterocycles. The molecule has 1 amide bonds. The lowest BCUT2D eigenvalue weighted by Gasteiger charge is -2.04. The molecule has 0 fully saturated rings. The molecule has 0 aliphatic rings. The summed E-state index contributed by atoms with van der Waals surface area (Å²) in [5.41, 5.74) is 0.714. The summed E-state index contributed by atoms with van der Waals surface area (Å²) in [6.07, 6.45) is 2.30. The number of thiophene rings is 1. The molecule has 2 rings (SSSR count). The fourth-order valence-electron chi connectivity index (χ4n) is 1.74. The van der Waals surface area contributed by atoms with Crippen molar-refractivity contribution in [2.45, 2.75) is 20.3 Å². The summed E-state index contributed by atoms with van der Waals surface area (Å²) >= 11 is 7.14. The van der Waals surface area contributed by atoms with E-state index in [0.717, 1.165) is 11.3 Å². The number of esters is 1. The summed E-state index contributed by atoms with van der Waals surface area (Å²) in [6.45, 7) is 4.01. The zero-order valence-electron chi connectivity index (χ0n) is 11.7. The zero-order valence-corrected chi connectivity index (χ0v) is 13.2. The Morgan fingerprint density at radius 2 is 2.14 bits per heavy atom. The summed E-state index contributed by atoms with van der Waals surface area (Å²) in [5, 5.41) is 3.66. The number of carbonyl (C=O) groups excluding carboxylic acids is 2. The number of aromatic nitrogens is 1. The minimum absolute atomic E-state index is 0.287. The van der Waals surface area contributed by atoms with Crippen LogP contribution >= 0.6 is 22.9 Å². The lowest BCUT2D eigenvalue weighted by Crippen LogP contribution is -2.14. The predicted octanol–water partition coefficient (Wildman–Crippen LogP) is 3.72. The predicted molar refractivity (Wildman–Crippen MR) is 83.4 cm³/mol. The first-order valence-corrected chi connectivity index (χ1v) is 7.69. The van der Waals surface area contributed by atoms with Gasteiger partial charge in [-0.3, -0.25) is 4.79 Å². The number of hydrogen-bond acceptors (Lipinski definition) is 4. The van der Waals surface area contributed by atoms with Gasteiger partial charge in [0.25, 0.3) is 5.91 Å². The van der Waals surface area contributed by atoms with Crippen LogP contribution in [0.3, 0.4) is 0 Å². The van der Waals surface area contributed by atoms with Gasteiger partial charge in [0.1, 0.15) is 10.7 Å². The molecule has 7 heteroatoms. The lowest BCUT2D eigenvalue weighted by molar-refractivity contribution is 0.0528. The van der Waals surface area contributed by atoms with Crippen molar-refractivity contribution < 1.29 is 14.3 Å². The molecule has 2 aromatic heterocycles. The largest absolute Gasteiger partial charge is 0.462 e. The molecule has 0 radical (unpaired) electrons. The minimum Gasteiger partial charge on any atom is -0.462 e. The molecular formula is C14H15ClN2O3S. The Labute approximate surface area is 131 Å². The van der Waals surface area contributed by atoms with E-state index in [4.69, 9.17) is 16.3 Å². The number of H-pyrrole nitrogens is 1. The smallest absolute Gasteiger partial charge is 0.341 e. The first-order chi connectivity index (χ1) is 10.0. The summed E-state index contributed by atoms with van der Waals surface area (Å²) in [4.78, 5) is 27.8. The molecule has 0 saturated carbocycles. The van der Waals surface area contributed by atoms with Gasteiger partial charge in [-0.05, 0) is 25.5 Å². The van der Waals surface area contributed by atoms with E-state index in [-0.39, 0.29) is 12.5 Å². The molecule has 0 unspecified atom stereocenters. The van der Waals surface area contributed by atoms with Crippen LogP contribution in [0.1, 0.15) is 39.6 Å². The first kappa shape index (κ1) is 15.6. The number of ether oxygens (including phenoxy) is 1. The molecule has 2 heterocycles. The first-order valence-electron chi connectivity index (χ1n) is 6.50. The molecule has 112 valence electrons. The highest BCUT2D eigenvalue weighted by Crippen LogP contribution is 2.29. The average molecular weight is 327 g/mol. The zero-order chi connectivity index (χ0) is 15.4. The van der Waals surface area contributed by atoms with E-state index in [1.807, 2.05) is 6.92 Å². The maximum absolute atomic E-state index is 12.1. The Hall–Kier alpha value is -1.79. The normalized spacial score (nSPS) is 10.4. The van der Waals surface area contributed by atoms with Gasteiger partial charge in [0, 0.05) is 11.1 Å². The maximum atomic E-state index is 12.1. The molecule has 0 spiro atoms. The van der Waals surface area contributed by atoms with Gasteiger partial charge in [0.15, 0.2) is 0 Å². The van der Waals surface area contributed by atoms with Crippen LogP contribution in [0, 0.1) is 0 Å². The van der Waals surface area contributed by atoms with Gasteiger partial charge in [0.05, 0.1) is 17.2 Å². The van der Waals surface area contributed by atoms with Crippen molar-refractivity contribution in [3.63, 3.8) is 0 Å². The van der Waals surface area contributed by atoms with Gasteiger partial charge in [0.2, 0.25) is 0 Å². The van der Waals surface area contributed by atoms with E-state index in [0.29, 0.717) is 21.3 Å². The van der Waals surface area contributed by atoms with Crippen LogP contribution in [0.25, 0.3) is 0 Å². The van der Waals surface area contributed by atoms with E-state index in [1.165, 1.54) is 23.6 Å². The van der Waals surface area contributed by atoms with E-state index < -0.39 is 5.97 Å². The minimum atomic E-state index is -0.437. The van der Waals surface area contributed by atoms with Crippen LogP contribution in [0.4, 0.5) is 5.00 Å². The number of aryl methyl sites for hydroxylation is 1. The molecule has 0 aliphatic heterocycles. The van der Waals surface area contributed by atoms with Gasteiger partial charge >= 0.3 is 5.97 Å². The van der Waals surface area contributed by atoms with Crippen molar-refractivity contribution in [3.8, 4) is 0 Å². The number of anilines is 1. The van der Waals surface area contributed by atoms with Crippen molar-refractivity contribution in [1.82, 2.24) is 4.98 Å². The molecule has 0 aliphatic carbocycles. The molecule has 0 aromatic carbocycles. The Balaban J connectivity index is 2.24. The number of nitrogens with one attached hydrogen (secondary N) is 2. The quantitative estimate of drug-likeness (QED) is 0.822. The molecule has 21 heavy (non-hydrogen) atoms. The lowest BCUT2D eigenvalue weighted by atomic mass is 10.2. The van der Waals surface area contributed by atoms with Crippen molar-refractivity contribution >= 4 is 39.8 Å². The van der Waals surface area contributed by atoms with Crippen LogP contribution in [-0.4, -0.2) is 23.5 Å². The molecular weight excluding hydrogens is 312 g/mol. The second-order valence-corrected chi connectivity index (χ2v) is 5.79. The van der Waals surface area contributed by atoms with E-state index in [1.54, 1.807) is 13.0 Å². The van der Waals surface area contributed by atoms with Crippen molar-refractivity contribution in [1.29, 1.82) is 0 Å². The second-order valence-electron chi connectivity index (χ2n) is 4.22. The number of carbonyl (C=O) groups is 2. The van der Waals surface area contributed by atoms with Crippen molar-refractivity contribution in [3.05, 3.63) is 39.5 Å². The number of aromatic amines is 1. The summed E-state index contributed by atoms with van der Waals surface area (Å²) < 4.78 is 5.01. The van der Waals surface area contributed by atoms with Crippen molar-refractivity contribution in [2.75, 3.05) is 11.9 Å². The average Bonchev–Trinajstić information content (AvgIpc) is 3.05. The Morgan fingerprint density at radius 1 is 1.38 bits per heavy atom. The fourth-order valence-corrected chi connectivity index (χ4v) is 2.88. The Bertz CT molecular complexity index is 663. The van der Waals surface area contributed by atoms with Gasteiger partial charge < -0.3 is 15.0 Å². The molecule has 0 atom stereocenters. The third-order valence-corrected chi connectivity index (χ3v) is 4.16. The van der Waals surface area contributed by atoms with E-state index >= 15 is 0 Å². The SMILES string of the molecule is CCOC(=O)c1cc(CC)sc1NC(=O)c1cc(Cl)c[nH]1. The number of halogens is 1. The van der Waals surface area contributed by atoms with Gasteiger partial charge in [-0.25, -0.2) is 4.79 Å². The number of amides is 1. The van der Waals surface area contributed by atoms with Gasteiger partial charge in [-0.1, -0.05) is 18.5 Å². The number of hydrogen-bond donors (Lipinski definition) is 2. The van der Waals surface area contributed by atoms with E-state index in [2.05, 4.69) is 10.3 Å². The summed E-state index contributed by atoms with van der Waals surface area (Å²) in [5.74, 6) is -0.787. The maximum Gasteiger partial charge on any atom is 0.341 e. The standard InChI is InChI=1S/C14H15ClN2O3S/c1-3-9-6-10(14(19)20-4-2)13(21-9)17-12(18)11-5-8(15)7-16-11/h5-7,16H,3-4H2,1-2H3,(H,17,18). The molecule has 2 aromatic rings. The van der Waals surface area contributed by atoms with Crippen LogP contribution in [0.2, 0.25) is 5.02 Å². The molecule has 0 bridgehead atoms. The summed E-state index contributed by atoms with van der Waals surface area (Å²) in [7, 11) is 0. The molecule has 2 N–H and O–H groups in total. The van der Waals surface area contributed by atoms with Crippen LogP contribution < -0.4 is 5.32 Å².